The maximum absolute atomic E-state index is 13.0. The number of hydrogen-bond acceptors (Lipinski definition) is 8. The van der Waals surface area contributed by atoms with Crippen molar-refractivity contribution in [2.24, 2.45) is 0 Å². The molecule has 3 aromatic rings. The van der Waals surface area contributed by atoms with Gasteiger partial charge in [-0.05, 0) is 23.3 Å². The summed E-state index contributed by atoms with van der Waals surface area (Å²) in [5.74, 6) is 2.59. The fourth-order valence-electron chi connectivity index (χ4n) is 4.07. The van der Waals surface area contributed by atoms with Gasteiger partial charge in [0.2, 0.25) is 11.9 Å². The number of nitrogens with zero attached hydrogens (tertiary/aromatic N) is 5. The predicted molar refractivity (Wildman–Crippen MR) is 133 cm³/mol. The number of aromatic nitrogens is 3. The van der Waals surface area contributed by atoms with Gasteiger partial charge in [-0.1, -0.05) is 48.2 Å². The Morgan fingerprint density at radius 1 is 0.971 bits per heavy atom. The lowest BCUT2D eigenvalue weighted by Crippen LogP contribution is -2.38. The molecule has 2 aromatic carbocycles. The Morgan fingerprint density at radius 3 is 2.54 bits per heavy atom. The van der Waals surface area contributed by atoms with Gasteiger partial charge in [0.15, 0.2) is 16.7 Å². The van der Waals surface area contributed by atoms with E-state index >= 15 is 0 Å². The van der Waals surface area contributed by atoms with Crippen molar-refractivity contribution in [1.82, 2.24) is 19.7 Å². The SMILES string of the molecule is CN(Cc1ccc2c(c1)OCCO2)C(=O)CSc1nnc(N2CCOCC2)n1Cc1ccccc1. The van der Waals surface area contributed by atoms with Gasteiger partial charge in [0.1, 0.15) is 13.2 Å². The van der Waals surface area contributed by atoms with Crippen LogP contribution in [0.4, 0.5) is 5.95 Å². The van der Waals surface area contributed by atoms with Crippen LogP contribution in [0.25, 0.3) is 0 Å². The molecule has 0 N–H and O–H groups in total. The number of carbonyl (C=O) groups excluding carboxylic acids is 1. The summed E-state index contributed by atoms with van der Waals surface area (Å²) in [7, 11) is 1.81. The van der Waals surface area contributed by atoms with Gasteiger partial charge < -0.3 is 24.0 Å². The average molecular weight is 496 g/mol. The Hall–Kier alpha value is -3.24. The molecule has 0 radical (unpaired) electrons. The highest BCUT2D eigenvalue weighted by Crippen LogP contribution is 2.31. The third-order valence-corrected chi connectivity index (χ3v) is 6.90. The molecule has 3 heterocycles. The lowest BCUT2D eigenvalue weighted by molar-refractivity contribution is -0.127. The molecule has 1 fully saturated rings. The van der Waals surface area contributed by atoms with Crippen molar-refractivity contribution in [1.29, 1.82) is 0 Å². The van der Waals surface area contributed by atoms with Gasteiger partial charge >= 0.3 is 0 Å². The second-order valence-electron chi connectivity index (χ2n) is 8.47. The standard InChI is InChI=1S/C25H29N5O4S/c1-28(16-20-7-8-21-22(15-20)34-14-13-33-21)23(31)18-35-25-27-26-24(29-9-11-32-12-10-29)30(25)17-19-5-3-2-4-6-19/h2-8,15H,9-14,16-18H2,1H3. The Morgan fingerprint density at radius 2 is 1.74 bits per heavy atom. The monoisotopic (exact) mass is 495 g/mol. The first-order valence-electron chi connectivity index (χ1n) is 11.7. The van der Waals surface area contributed by atoms with Crippen molar-refractivity contribution < 1.29 is 19.0 Å². The van der Waals surface area contributed by atoms with Crippen LogP contribution in [-0.2, 0) is 22.6 Å². The van der Waals surface area contributed by atoms with Crippen molar-refractivity contribution in [3.63, 3.8) is 0 Å². The highest BCUT2D eigenvalue weighted by atomic mass is 32.2. The minimum Gasteiger partial charge on any atom is -0.486 e. The minimum atomic E-state index is 0.0204. The molecular formula is C25H29N5O4S. The quantitative estimate of drug-likeness (QED) is 0.441. The first-order valence-corrected chi connectivity index (χ1v) is 12.7. The predicted octanol–water partition coefficient (Wildman–Crippen LogP) is 2.68. The molecule has 2 aliphatic heterocycles. The molecule has 0 unspecified atom stereocenters. The van der Waals surface area contributed by atoms with E-state index in [-0.39, 0.29) is 11.7 Å². The van der Waals surface area contributed by atoms with Crippen LogP contribution >= 0.6 is 11.8 Å². The molecule has 9 nitrogen and oxygen atoms in total. The number of amides is 1. The largest absolute Gasteiger partial charge is 0.486 e. The van der Waals surface area contributed by atoms with Crippen LogP contribution in [0.15, 0.2) is 53.7 Å². The van der Waals surface area contributed by atoms with Crippen LogP contribution in [0.1, 0.15) is 11.1 Å². The molecule has 0 atom stereocenters. The van der Waals surface area contributed by atoms with Crippen molar-refractivity contribution >= 4 is 23.6 Å². The fraction of sp³-hybridized carbons (Fsp3) is 0.400. The number of rotatable bonds is 8. The summed E-state index contributed by atoms with van der Waals surface area (Å²) >= 11 is 1.42. The number of anilines is 1. The molecular weight excluding hydrogens is 466 g/mol. The van der Waals surface area contributed by atoms with E-state index in [9.17, 15) is 4.79 Å². The summed E-state index contributed by atoms with van der Waals surface area (Å²) in [6.45, 7) is 5.12. The highest BCUT2D eigenvalue weighted by molar-refractivity contribution is 7.99. The minimum absolute atomic E-state index is 0.0204. The summed E-state index contributed by atoms with van der Waals surface area (Å²) in [5.41, 5.74) is 2.16. The van der Waals surface area contributed by atoms with Gasteiger partial charge in [-0.3, -0.25) is 9.36 Å². The lowest BCUT2D eigenvalue weighted by atomic mass is 10.2. The van der Waals surface area contributed by atoms with Crippen LogP contribution in [-0.4, -0.2) is 77.9 Å². The van der Waals surface area contributed by atoms with E-state index in [1.165, 1.54) is 11.8 Å². The molecule has 1 aromatic heterocycles. The van der Waals surface area contributed by atoms with Crippen molar-refractivity contribution in [3.05, 3.63) is 59.7 Å². The molecule has 2 aliphatic rings. The summed E-state index contributed by atoms with van der Waals surface area (Å²) < 4.78 is 18.8. The molecule has 5 rings (SSSR count). The van der Waals surface area contributed by atoms with E-state index in [0.717, 1.165) is 46.8 Å². The van der Waals surface area contributed by atoms with Crippen molar-refractivity contribution in [2.45, 2.75) is 18.2 Å². The normalized spacial score (nSPS) is 15.2. The number of morpholine rings is 1. The van der Waals surface area contributed by atoms with E-state index in [1.54, 1.807) is 4.90 Å². The van der Waals surface area contributed by atoms with Crippen molar-refractivity contribution in [3.8, 4) is 11.5 Å². The van der Waals surface area contributed by atoms with E-state index < -0.39 is 0 Å². The molecule has 35 heavy (non-hydrogen) atoms. The second-order valence-corrected chi connectivity index (χ2v) is 9.41. The van der Waals surface area contributed by atoms with Crippen molar-refractivity contribution in [2.75, 3.05) is 57.2 Å². The van der Waals surface area contributed by atoms with Gasteiger partial charge in [0, 0.05) is 26.7 Å². The molecule has 0 spiro atoms. The van der Waals surface area contributed by atoms with Gasteiger partial charge in [-0.25, -0.2) is 0 Å². The van der Waals surface area contributed by atoms with Crippen LogP contribution in [0.2, 0.25) is 0 Å². The highest BCUT2D eigenvalue weighted by Gasteiger charge is 2.22. The zero-order valence-corrected chi connectivity index (χ0v) is 20.6. The molecule has 184 valence electrons. The van der Waals surface area contributed by atoms with Gasteiger partial charge in [-0.15, -0.1) is 10.2 Å². The molecule has 0 aliphatic carbocycles. The third kappa shape index (κ3) is 5.71. The number of ether oxygens (including phenoxy) is 3. The number of benzene rings is 2. The maximum Gasteiger partial charge on any atom is 0.233 e. The smallest absolute Gasteiger partial charge is 0.233 e. The summed E-state index contributed by atoms with van der Waals surface area (Å²) in [4.78, 5) is 16.9. The summed E-state index contributed by atoms with van der Waals surface area (Å²) in [6.07, 6.45) is 0. The summed E-state index contributed by atoms with van der Waals surface area (Å²) in [5, 5.41) is 9.66. The molecule has 1 amide bonds. The number of hydrogen-bond donors (Lipinski definition) is 0. The zero-order chi connectivity index (χ0) is 24.0. The van der Waals surface area contributed by atoms with Gasteiger partial charge in [-0.2, -0.15) is 0 Å². The van der Waals surface area contributed by atoms with E-state index in [2.05, 4.69) is 31.8 Å². The van der Waals surface area contributed by atoms with Crippen LogP contribution in [0.5, 0.6) is 11.5 Å². The molecule has 10 heteroatoms. The fourth-order valence-corrected chi connectivity index (χ4v) is 4.95. The van der Waals surface area contributed by atoms with E-state index in [4.69, 9.17) is 14.2 Å². The van der Waals surface area contributed by atoms with Gasteiger partial charge in [0.25, 0.3) is 0 Å². The van der Waals surface area contributed by atoms with Crippen LogP contribution < -0.4 is 14.4 Å². The second kappa shape index (κ2) is 11.0. The Bertz CT molecular complexity index is 1150. The first kappa shape index (κ1) is 23.5. The lowest BCUT2D eigenvalue weighted by Gasteiger charge is -2.28. The zero-order valence-electron chi connectivity index (χ0n) is 19.8. The third-order valence-electron chi connectivity index (χ3n) is 5.95. The first-order chi connectivity index (χ1) is 17.2. The Labute approximate surface area is 209 Å². The number of thioether (sulfide) groups is 1. The maximum atomic E-state index is 13.0. The van der Waals surface area contributed by atoms with E-state index in [0.29, 0.717) is 39.5 Å². The van der Waals surface area contributed by atoms with Crippen LogP contribution in [0.3, 0.4) is 0 Å². The molecule has 0 saturated carbocycles. The molecule has 1 saturated heterocycles. The summed E-state index contributed by atoms with van der Waals surface area (Å²) in [6, 6.07) is 16.0. The number of carbonyl (C=O) groups is 1. The van der Waals surface area contributed by atoms with Gasteiger partial charge in [0.05, 0.1) is 25.5 Å². The Balaban J connectivity index is 1.25. The number of fused-ring (bicyclic) bond motifs is 1. The average Bonchev–Trinajstić information content (AvgIpc) is 3.30. The molecule has 0 bridgehead atoms. The Kier molecular flexibility index (Phi) is 7.39. The topological polar surface area (TPSA) is 82.0 Å². The van der Waals surface area contributed by atoms with Crippen LogP contribution in [0, 0.1) is 0 Å². The van der Waals surface area contributed by atoms with E-state index in [1.807, 2.05) is 43.4 Å².